The Labute approximate surface area is 265 Å². The number of allylic oxidation sites excluding steroid dienone is 10. The number of halogens is 2. The molecule has 2 atom stereocenters. The van der Waals surface area contributed by atoms with Gasteiger partial charge in [-0.3, -0.25) is 4.90 Å². The zero-order chi connectivity index (χ0) is 32.6. The van der Waals surface area contributed by atoms with Crippen LogP contribution in [0.15, 0.2) is 77.8 Å². The summed E-state index contributed by atoms with van der Waals surface area (Å²) >= 11 is 0. The predicted octanol–water partition coefficient (Wildman–Crippen LogP) is 7.96. The Hall–Kier alpha value is -3.88. The second-order valence-corrected chi connectivity index (χ2v) is 12.1. The van der Waals surface area contributed by atoms with Gasteiger partial charge in [0.1, 0.15) is 17.3 Å². The molecule has 2 heterocycles. The van der Waals surface area contributed by atoms with Crippen LogP contribution in [0.5, 0.6) is 0 Å². The molecule has 3 aliphatic rings. The standard InChI is InChI=1S/C18H19F2N2P.C16H22N2O4/c1-12-11-22(13-6-3-2-4-7-13)21-18(12)14-10-17(23)16(20)9-5-8-15(14)19;1-3-9-17-10-8-16(2)11-18(15(21)22-16)13-6-4-12(5-7-13)14(19)20/h2-3,6,8,10-11H,4-5,7,9,23H2,1H3;4-7,17H,3,8-11H2,1-2H3,(H,19,20)/b14-10+,15-8+,17-16-;. The van der Waals surface area contributed by atoms with E-state index >= 15 is 0 Å². The molecule has 1 amide bonds. The van der Waals surface area contributed by atoms with E-state index in [4.69, 9.17) is 9.84 Å². The van der Waals surface area contributed by atoms with Crippen molar-refractivity contribution in [1.29, 1.82) is 0 Å². The summed E-state index contributed by atoms with van der Waals surface area (Å²) in [5.41, 5.74) is 3.17. The van der Waals surface area contributed by atoms with Crippen molar-refractivity contribution < 1.29 is 28.2 Å². The number of ether oxygens (including phenoxy) is 1. The number of amides is 1. The number of hydrogen-bond acceptors (Lipinski definition) is 5. The number of benzene rings is 1. The molecular weight excluding hydrogens is 597 g/mol. The number of carboxylic acids is 1. The van der Waals surface area contributed by atoms with E-state index in [1.165, 1.54) is 24.3 Å². The zero-order valence-electron chi connectivity index (χ0n) is 26.0. The number of anilines is 1. The lowest BCUT2D eigenvalue weighted by molar-refractivity contribution is 0.0652. The third-order valence-corrected chi connectivity index (χ3v) is 8.21. The molecular formula is C34H41F2N4O4P. The van der Waals surface area contributed by atoms with Gasteiger partial charge in [-0.1, -0.05) is 19.1 Å². The molecule has 45 heavy (non-hydrogen) atoms. The van der Waals surface area contributed by atoms with Crippen LogP contribution in [0.25, 0.3) is 11.3 Å². The fourth-order valence-corrected chi connectivity index (χ4v) is 5.49. The number of carbonyl (C=O) groups is 2. The van der Waals surface area contributed by atoms with Gasteiger partial charge >= 0.3 is 12.1 Å². The molecule has 0 spiro atoms. The molecule has 0 bridgehead atoms. The monoisotopic (exact) mass is 638 g/mol. The Morgan fingerprint density at radius 2 is 1.93 bits per heavy atom. The van der Waals surface area contributed by atoms with Gasteiger partial charge in [0.05, 0.1) is 17.8 Å². The van der Waals surface area contributed by atoms with Crippen LogP contribution in [-0.4, -0.2) is 52.2 Å². The smallest absolute Gasteiger partial charge is 0.415 e. The van der Waals surface area contributed by atoms with Crippen LogP contribution in [0.1, 0.15) is 74.0 Å². The number of hydrogen-bond donors (Lipinski definition) is 2. The van der Waals surface area contributed by atoms with Crippen molar-refractivity contribution in [3.8, 4) is 0 Å². The van der Waals surface area contributed by atoms with Crippen LogP contribution in [-0.2, 0) is 4.74 Å². The highest BCUT2D eigenvalue weighted by molar-refractivity contribution is 7.23. The maximum absolute atomic E-state index is 14.5. The highest BCUT2D eigenvalue weighted by Gasteiger charge is 2.41. The molecule has 1 aliphatic heterocycles. The van der Waals surface area contributed by atoms with Crippen molar-refractivity contribution in [3.05, 3.63) is 94.6 Å². The summed E-state index contributed by atoms with van der Waals surface area (Å²) in [4.78, 5) is 24.5. The lowest BCUT2D eigenvalue weighted by atomic mass is 10.0. The van der Waals surface area contributed by atoms with E-state index in [9.17, 15) is 18.4 Å². The van der Waals surface area contributed by atoms with E-state index in [2.05, 4.69) is 32.7 Å². The van der Waals surface area contributed by atoms with Gasteiger partial charge in [0.15, 0.2) is 0 Å². The van der Waals surface area contributed by atoms with Crippen molar-refractivity contribution in [2.75, 3.05) is 24.5 Å². The molecule has 2 N–H and O–H groups in total. The molecule has 2 unspecified atom stereocenters. The highest BCUT2D eigenvalue weighted by atomic mass is 31.0. The van der Waals surface area contributed by atoms with Crippen molar-refractivity contribution in [2.45, 2.75) is 64.9 Å². The van der Waals surface area contributed by atoms with E-state index in [0.717, 1.165) is 50.0 Å². The molecule has 240 valence electrons. The number of rotatable bonds is 9. The number of nitrogens with one attached hydrogen (secondary N) is 1. The molecule has 2 aliphatic carbocycles. The van der Waals surface area contributed by atoms with Gasteiger partial charge in [0.2, 0.25) is 0 Å². The minimum Gasteiger partial charge on any atom is -0.478 e. The Balaban J connectivity index is 0.000000205. The lowest BCUT2D eigenvalue weighted by Crippen LogP contribution is -2.35. The Bertz CT molecular complexity index is 1560. The van der Waals surface area contributed by atoms with Crippen LogP contribution in [0.2, 0.25) is 0 Å². The van der Waals surface area contributed by atoms with E-state index in [0.29, 0.717) is 35.2 Å². The molecule has 0 saturated carbocycles. The molecule has 11 heteroatoms. The first kappa shape index (κ1) is 34.0. The number of cyclic esters (lactones) is 1. The highest BCUT2D eigenvalue weighted by Crippen LogP contribution is 2.34. The summed E-state index contributed by atoms with van der Waals surface area (Å²) in [6.07, 6.45) is 14.8. The minimum absolute atomic E-state index is 0.197. The molecule has 1 saturated heterocycles. The van der Waals surface area contributed by atoms with Crippen molar-refractivity contribution in [3.63, 3.8) is 0 Å². The summed E-state index contributed by atoms with van der Waals surface area (Å²) in [5, 5.41) is 17.1. The van der Waals surface area contributed by atoms with Crippen LogP contribution in [0.3, 0.4) is 0 Å². The van der Waals surface area contributed by atoms with E-state index in [-0.39, 0.29) is 29.7 Å². The number of carbonyl (C=O) groups excluding carboxylic acids is 1. The van der Waals surface area contributed by atoms with E-state index in [1.54, 1.807) is 21.7 Å². The maximum atomic E-state index is 14.5. The van der Waals surface area contributed by atoms with Gasteiger partial charge in [0, 0.05) is 41.3 Å². The van der Waals surface area contributed by atoms with Crippen molar-refractivity contribution in [1.82, 2.24) is 15.1 Å². The number of nitrogens with zero attached hydrogens (tertiary/aromatic N) is 3. The molecule has 1 aromatic heterocycles. The molecule has 2 aromatic rings. The van der Waals surface area contributed by atoms with Gasteiger partial charge in [-0.25, -0.2) is 23.1 Å². The fraction of sp³-hybridized carbons (Fsp3) is 0.382. The van der Waals surface area contributed by atoms with Gasteiger partial charge in [0.25, 0.3) is 0 Å². The minimum atomic E-state index is -0.984. The second-order valence-electron chi connectivity index (χ2n) is 11.5. The van der Waals surface area contributed by atoms with Gasteiger partial charge in [-0.15, -0.1) is 9.24 Å². The summed E-state index contributed by atoms with van der Waals surface area (Å²) in [5.74, 6) is -1.56. The van der Waals surface area contributed by atoms with E-state index < -0.39 is 11.6 Å². The second kappa shape index (κ2) is 15.4. The Kier molecular flexibility index (Phi) is 11.6. The lowest BCUT2D eigenvalue weighted by Gasteiger charge is -2.22. The fourth-order valence-electron chi connectivity index (χ4n) is 5.18. The number of aromatic nitrogens is 2. The Morgan fingerprint density at radius 1 is 1.18 bits per heavy atom. The number of aromatic carboxylic acids is 1. The predicted molar refractivity (Wildman–Crippen MR) is 177 cm³/mol. The van der Waals surface area contributed by atoms with E-state index in [1.807, 2.05) is 32.2 Å². The van der Waals surface area contributed by atoms with Gasteiger partial charge in [-0.05, 0) is 101 Å². The topological polar surface area (TPSA) is 96.7 Å². The normalized spacial score (nSPS) is 23.9. The molecule has 0 radical (unpaired) electrons. The first-order valence-corrected chi connectivity index (χ1v) is 15.8. The third-order valence-electron chi connectivity index (χ3n) is 7.73. The average molecular weight is 639 g/mol. The van der Waals surface area contributed by atoms with Crippen molar-refractivity contribution in [2.24, 2.45) is 0 Å². The number of carboxylic acid groups (broad SMARTS) is 1. The van der Waals surface area contributed by atoms with Crippen LogP contribution in [0.4, 0.5) is 19.3 Å². The first-order chi connectivity index (χ1) is 21.5. The average Bonchev–Trinajstić information content (AvgIpc) is 3.56. The maximum Gasteiger partial charge on any atom is 0.415 e. The summed E-state index contributed by atoms with van der Waals surface area (Å²) in [7, 11) is 2.35. The molecule has 5 rings (SSSR count). The third kappa shape index (κ3) is 8.86. The molecule has 1 fully saturated rings. The molecule has 1 aromatic carbocycles. The largest absolute Gasteiger partial charge is 0.478 e. The number of aryl methyl sites for hydroxylation is 1. The summed E-state index contributed by atoms with van der Waals surface area (Å²) in [6.45, 7) is 8.13. The van der Waals surface area contributed by atoms with Gasteiger partial charge < -0.3 is 15.2 Å². The van der Waals surface area contributed by atoms with Crippen molar-refractivity contribution >= 4 is 38.3 Å². The summed E-state index contributed by atoms with van der Waals surface area (Å²) < 4.78 is 35.6. The quantitative estimate of drug-likeness (QED) is 0.214. The van der Waals surface area contributed by atoms with Gasteiger partial charge in [-0.2, -0.15) is 5.10 Å². The first-order valence-electron chi connectivity index (χ1n) is 15.2. The van der Waals surface area contributed by atoms with Crippen LogP contribution >= 0.6 is 9.24 Å². The molecule has 8 nitrogen and oxygen atoms in total. The Morgan fingerprint density at radius 3 is 2.60 bits per heavy atom. The summed E-state index contributed by atoms with van der Waals surface area (Å²) in [6, 6.07) is 6.24. The van der Waals surface area contributed by atoms with Crippen LogP contribution in [0, 0.1) is 6.92 Å². The van der Waals surface area contributed by atoms with Crippen LogP contribution < -0.4 is 10.2 Å². The SMILES string of the molecule is CCCNCCC1(C)CN(c2ccc(C(=O)O)cc2)C(=O)O1.Cc1cn(C2=CC=CCC2)nc1C1=C/C(P)=C(/F)CC/C=C\1F. The zero-order valence-corrected chi connectivity index (χ0v) is 27.1.